The fraction of sp³-hybridized carbons (Fsp3) is 0.300. The van der Waals surface area contributed by atoms with Gasteiger partial charge in [-0.1, -0.05) is 12.1 Å². The van der Waals surface area contributed by atoms with E-state index in [1.165, 1.54) is 32.1 Å². The minimum atomic E-state index is -0.301. The smallest absolute Gasteiger partial charge is 0.261 e. The molecule has 1 amide bonds. The van der Waals surface area contributed by atoms with Crippen LogP contribution in [0.3, 0.4) is 0 Å². The van der Waals surface area contributed by atoms with Crippen LogP contribution in [-0.4, -0.2) is 31.2 Å². The number of amides is 1. The van der Waals surface area contributed by atoms with Crippen molar-refractivity contribution in [3.8, 4) is 5.75 Å². The molecule has 0 unspecified atom stereocenters. The molecule has 0 spiro atoms. The fourth-order valence-corrected chi connectivity index (χ4v) is 3.28. The fourth-order valence-electron chi connectivity index (χ4n) is 3.07. The van der Waals surface area contributed by atoms with E-state index in [4.69, 9.17) is 17.0 Å². The van der Waals surface area contributed by atoms with Gasteiger partial charge >= 0.3 is 0 Å². The zero-order valence-electron chi connectivity index (χ0n) is 14.8. The molecule has 0 aromatic heterocycles. The van der Waals surface area contributed by atoms with Crippen molar-refractivity contribution < 1.29 is 9.53 Å². The van der Waals surface area contributed by atoms with Crippen LogP contribution in [0.5, 0.6) is 5.75 Å². The Morgan fingerprint density at radius 2 is 1.73 bits per heavy atom. The van der Waals surface area contributed by atoms with E-state index in [1.807, 2.05) is 18.2 Å². The van der Waals surface area contributed by atoms with Crippen LogP contribution >= 0.6 is 12.2 Å². The van der Waals surface area contributed by atoms with E-state index < -0.39 is 0 Å². The Bertz CT molecular complexity index is 771. The summed E-state index contributed by atoms with van der Waals surface area (Å²) in [6.45, 7) is 2.22. The Labute approximate surface area is 159 Å². The first-order valence-electron chi connectivity index (χ1n) is 8.78. The maximum atomic E-state index is 12.4. The molecule has 0 aliphatic carbocycles. The highest BCUT2D eigenvalue weighted by Gasteiger charge is 2.13. The van der Waals surface area contributed by atoms with Crippen LogP contribution in [0.25, 0.3) is 0 Å². The molecule has 2 N–H and O–H groups in total. The summed E-state index contributed by atoms with van der Waals surface area (Å²) >= 11 is 5.26. The van der Waals surface area contributed by atoms with Crippen LogP contribution in [0.1, 0.15) is 29.6 Å². The van der Waals surface area contributed by atoms with Crippen molar-refractivity contribution in [2.75, 3.05) is 30.4 Å². The minimum Gasteiger partial charge on any atom is -0.496 e. The van der Waals surface area contributed by atoms with Gasteiger partial charge in [0.2, 0.25) is 0 Å². The molecule has 2 aromatic carbocycles. The second-order valence-corrected chi connectivity index (χ2v) is 6.61. The van der Waals surface area contributed by atoms with Crippen LogP contribution in [0, 0.1) is 0 Å². The first-order chi connectivity index (χ1) is 12.7. The molecule has 0 saturated carbocycles. The molecule has 2 aromatic rings. The largest absolute Gasteiger partial charge is 0.496 e. The average molecular weight is 369 g/mol. The molecule has 0 radical (unpaired) electrons. The summed E-state index contributed by atoms with van der Waals surface area (Å²) in [4.78, 5) is 14.8. The van der Waals surface area contributed by atoms with Gasteiger partial charge in [0.1, 0.15) is 5.75 Å². The summed E-state index contributed by atoms with van der Waals surface area (Å²) < 4.78 is 5.21. The Hall–Kier alpha value is -2.60. The van der Waals surface area contributed by atoms with Crippen LogP contribution in [-0.2, 0) is 0 Å². The molecule has 26 heavy (non-hydrogen) atoms. The van der Waals surface area contributed by atoms with Gasteiger partial charge in [0.05, 0.1) is 12.7 Å². The predicted molar refractivity (Wildman–Crippen MR) is 109 cm³/mol. The second-order valence-electron chi connectivity index (χ2n) is 6.20. The SMILES string of the molecule is COc1ccccc1C(=O)NC(=S)Nc1ccc(N2CCCCC2)cc1. The van der Waals surface area contributed by atoms with Crippen molar-refractivity contribution >= 4 is 34.6 Å². The van der Waals surface area contributed by atoms with Crippen LogP contribution in [0.2, 0.25) is 0 Å². The molecule has 3 rings (SSSR count). The van der Waals surface area contributed by atoms with E-state index in [1.54, 1.807) is 18.2 Å². The number of nitrogens with one attached hydrogen (secondary N) is 2. The first kappa shape index (κ1) is 18.2. The first-order valence-corrected chi connectivity index (χ1v) is 9.18. The number of anilines is 2. The van der Waals surface area contributed by atoms with Gasteiger partial charge in [0, 0.05) is 24.5 Å². The number of carbonyl (C=O) groups is 1. The molecule has 0 atom stereocenters. The van der Waals surface area contributed by atoms with Gasteiger partial charge in [-0.05, 0) is 67.9 Å². The minimum absolute atomic E-state index is 0.256. The number of methoxy groups -OCH3 is 1. The van der Waals surface area contributed by atoms with Gasteiger partial charge in [-0.25, -0.2) is 0 Å². The number of thiocarbonyl (C=S) groups is 1. The molecule has 1 aliphatic rings. The molecule has 0 bridgehead atoms. The number of carbonyl (C=O) groups excluding carboxylic acids is 1. The highest BCUT2D eigenvalue weighted by Crippen LogP contribution is 2.22. The number of benzene rings is 2. The molecular formula is C20H23N3O2S. The van der Waals surface area contributed by atoms with Gasteiger partial charge in [-0.2, -0.15) is 0 Å². The Morgan fingerprint density at radius 1 is 1.04 bits per heavy atom. The molecule has 6 heteroatoms. The van der Waals surface area contributed by atoms with Crippen molar-refractivity contribution in [1.29, 1.82) is 0 Å². The quantitative estimate of drug-likeness (QED) is 0.803. The van der Waals surface area contributed by atoms with Crippen molar-refractivity contribution in [2.45, 2.75) is 19.3 Å². The van der Waals surface area contributed by atoms with E-state index in [0.29, 0.717) is 11.3 Å². The Kier molecular flexibility index (Phi) is 6.07. The lowest BCUT2D eigenvalue weighted by Gasteiger charge is -2.28. The third kappa shape index (κ3) is 4.52. The van der Waals surface area contributed by atoms with Crippen molar-refractivity contribution in [1.82, 2.24) is 5.32 Å². The summed E-state index contributed by atoms with van der Waals surface area (Å²) in [6, 6.07) is 15.2. The summed E-state index contributed by atoms with van der Waals surface area (Å²) in [5, 5.41) is 5.99. The number of rotatable bonds is 4. The molecule has 1 heterocycles. The maximum Gasteiger partial charge on any atom is 0.261 e. The lowest BCUT2D eigenvalue weighted by atomic mass is 10.1. The lowest BCUT2D eigenvalue weighted by Crippen LogP contribution is -2.34. The van der Waals surface area contributed by atoms with Crippen LogP contribution < -0.4 is 20.3 Å². The number of piperidine rings is 1. The second kappa shape index (κ2) is 8.67. The highest BCUT2D eigenvalue weighted by molar-refractivity contribution is 7.80. The van der Waals surface area contributed by atoms with Crippen molar-refractivity contribution in [3.63, 3.8) is 0 Å². The zero-order chi connectivity index (χ0) is 18.4. The molecule has 1 aliphatic heterocycles. The van der Waals surface area contributed by atoms with Gasteiger partial charge in [0.25, 0.3) is 5.91 Å². The molecule has 1 fully saturated rings. The van der Waals surface area contributed by atoms with Gasteiger partial charge in [0.15, 0.2) is 5.11 Å². The summed E-state index contributed by atoms with van der Waals surface area (Å²) in [5.74, 6) is 0.212. The van der Waals surface area contributed by atoms with E-state index in [-0.39, 0.29) is 11.0 Å². The number of para-hydroxylation sites is 1. The number of hydrogen-bond donors (Lipinski definition) is 2. The topological polar surface area (TPSA) is 53.6 Å². The predicted octanol–water partition coefficient (Wildman–Crippen LogP) is 3.81. The van der Waals surface area contributed by atoms with E-state index in [9.17, 15) is 4.79 Å². The average Bonchev–Trinajstić information content (AvgIpc) is 2.69. The third-order valence-electron chi connectivity index (χ3n) is 4.43. The molecule has 1 saturated heterocycles. The number of ether oxygens (including phenoxy) is 1. The number of nitrogens with zero attached hydrogens (tertiary/aromatic N) is 1. The third-order valence-corrected chi connectivity index (χ3v) is 4.63. The standard InChI is InChI=1S/C20H23N3O2S/c1-25-18-8-4-3-7-17(18)19(24)22-20(26)21-15-9-11-16(12-10-15)23-13-5-2-6-14-23/h3-4,7-12H,2,5-6,13-14H2,1H3,(H2,21,22,24,26). The molecular weight excluding hydrogens is 346 g/mol. The lowest BCUT2D eigenvalue weighted by molar-refractivity contribution is 0.0975. The van der Waals surface area contributed by atoms with Gasteiger partial charge in [-0.3, -0.25) is 10.1 Å². The summed E-state index contributed by atoms with van der Waals surface area (Å²) in [7, 11) is 1.53. The molecule has 136 valence electrons. The van der Waals surface area contributed by atoms with E-state index >= 15 is 0 Å². The number of hydrogen-bond acceptors (Lipinski definition) is 4. The summed E-state index contributed by atoms with van der Waals surface area (Å²) in [5.41, 5.74) is 2.51. The van der Waals surface area contributed by atoms with Gasteiger partial charge in [-0.15, -0.1) is 0 Å². The Balaban J connectivity index is 1.58. The highest BCUT2D eigenvalue weighted by atomic mass is 32.1. The summed E-state index contributed by atoms with van der Waals surface area (Å²) in [6.07, 6.45) is 3.81. The molecule has 5 nitrogen and oxygen atoms in total. The van der Waals surface area contributed by atoms with E-state index in [2.05, 4.69) is 27.7 Å². The van der Waals surface area contributed by atoms with Gasteiger partial charge < -0.3 is 15.0 Å². The zero-order valence-corrected chi connectivity index (χ0v) is 15.6. The normalized spacial score (nSPS) is 13.8. The monoisotopic (exact) mass is 369 g/mol. The maximum absolute atomic E-state index is 12.4. The van der Waals surface area contributed by atoms with Crippen LogP contribution in [0.4, 0.5) is 11.4 Å². The van der Waals surface area contributed by atoms with Crippen LogP contribution in [0.15, 0.2) is 48.5 Å². The van der Waals surface area contributed by atoms with E-state index in [0.717, 1.165) is 18.8 Å². The van der Waals surface area contributed by atoms with Crippen molar-refractivity contribution in [2.24, 2.45) is 0 Å². The van der Waals surface area contributed by atoms with Crippen molar-refractivity contribution in [3.05, 3.63) is 54.1 Å². The Morgan fingerprint density at radius 3 is 2.42 bits per heavy atom.